The van der Waals surface area contributed by atoms with Crippen LogP contribution in [-0.2, 0) is 0 Å². The van der Waals surface area contributed by atoms with Crippen LogP contribution in [-0.4, -0.2) is 31.3 Å². The van der Waals surface area contributed by atoms with E-state index in [9.17, 15) is 9.18 Å². The van der Waals surface area contributed by atoms with Crippen molar-refractivity contribution in [2.75, 3.05) is 5.75 Å². The first-order valence-corrected chi connectivity index (χ1v) is 9.59. The number of hydrogen-bond acceptors (Lipinski definition) is 6. The number of benzene rings is 1. The van der Waals surface area contributed by atoms with Gasteiger partial charge in [-0.1, -0.05) is 11.8 Å². The number of hydrogen-bond donors (Lipinski definition) is 0. The highest BCUT2D eigenvalue weighted by atomic mass is 32.2. The van der Waals surface area contributed by atoms with E-state index in [0.717, 1.165) is 15.1 Å². The number of thioether (sulfide) groups is 1. The topological polar surface area (TPSA) is 60.7 Å². The van der Waals surface area contributed by atoms with Crippen molar-refractivity contribution in [2.45, 2.75) is 11.9 Å². The predicted molar refractivity (Wildman–Crippen MR) is 101 cm³/mol. The normalized spacial score (nSPS) is 11.2. The Hall–Kier alpha value is -2.58. The van der Waals surface area contributed by atoms with E-state index in [1.807, 2.05) is 19.1 Å². The Labute approximate surface area is 156 Å². The number of aryl methyl sites for hydroxylation is 1. The molecule has 0 saturated carbocycles. The van der Waals surface area contributed by atoms with Crippen LogP contribution in [0.25, 0.3) is 16.7 Å². The minimum Gasteiger partial charge on any atom is -0.292 e. The molecule has 0 atom stereocenters. The lowest BCUT2D eigenvalue weighted by molar-refractivity contribution is 0.102. The molecular weight excluding hydrogens is 371 g/mol. The quantitative estimate of drug-likeness (QED) is 0.292. The molecule has 0 saturated heterocycles. The average Bonchev–Trinajstić information content (AvgIpc) is 3.27. The van der Waals surface area contributed by atoms with Crippen LogP contribution in [0.4, 0.5) is 4.39 Å². The van der Waals surface area contributed by atoms with E-state index in [-0.39, 0.29) is 11.6 Å². The number of ketones is 1. The number of halogens is 1. The van der Waals surface area contributed by atoms with Crippen molar-refractivity contribution in [3.05, 3.63) is 64.5 Å². The van der Waals surface area contributed by atoms with Crippen LogP contribution >= 0.6 is 23.1 Å². The Bertz CT molecular complexity index is 1090. The Balaban J connectivity index is 1.60. The van der Waals surface area contributed by atoms with Gasteiger partial charge in [0, 0.05) is 4.88 Å². The number of Topliss-reactive ketones (excluding diaryl/α,β-unsaturated/α-hetero) is 1. The highest BCUT2D eigenvalue weighted by Crippen LogP contribution is 2.27. The summed E-state index contributed by atoms with van der Waals surface area (Å²) in [6.07, 6.45) is 3.12. The molecule has 0 spiro atoms. The average molecular weight is 384 g/mol. The highest BCUT2D eigenvalue weighted by Gasteiger charge is 2.14. The van der Waals surface area contributed by atoms with Gasteiger partial charge in [-0.25, -0.2) is 19.0 Å². The van der Waals surface area contributed by atoms with Crippen molar-refractivity contribution < 1.29 is 9.18 Å². The first-order chi connectivity index (χ1) is 12.6. The first-order valence-electron chi connectivity index (χ1n) is 7.79. The van der Waals surface area contributed by atoms with Crippen LogP contribution in [0.15, 0.2) is 53.9 Å². The number of fused-ring (bicyclic) bond motifs is 1. The van der Waals surface area contributed by atoms with Crippen LogP contribution in [0.1, 0.15) is 14.5 Å². The van der Waals surface area contributed by atoms with Gasteiger partial charge in [-0.2, -0.15) is 5.10 Å². The Morgan fingerprint density at radius 3 is 2.73 bits per heavy atom. The van der Waals surface area contributed by atoms with Crippen molar-refractivity contribution in [3.8, 4) is 5.69 Å². The van der Waals surface area contributed by atoms with Crippen molar-refractivity contribution in [1.82, 2.24) is 19.7 Å². The van der Waals surface area contributed by atoms with Gasteiger partial charge in [0.1, 0.15) is 17.2 Å². The molecule has 0 unspecified atom stereocenters. The summed E-state index contributed by atoms with van der Waals surface area (Å²) in [5.41, 5.74) is 1.33. The second kappa shape index (κ2) is 6.97. The van der Waals surface area contributed by atoms with Gasteiger partial charge < -0.3 is 0 Å². The van der Waals surface area contributed by atoms with Gasteiger partial charge in [0.15, 0.2) is 11.4 Å². The van der Waals surface area contributed by atoms with Crippen molar-refractivity contribution in [1.29, 1.82) is 0 Å². The molecule has 4 rings (SSSR count). The van der Waals surface area contributed by atoms with E-state index in [1.165, 1.54) is 41.6 Å². The SMILES string of the molecule is Cc1ccc(C(=O)CSc2ncnc3c2cnn3-c2ccc(F)cc2)s1. The Morgan fingerprint density at radius 2 is 2.00 bits per heavy atom. The summed E-state index contributed by atoms with van der Waals surface area (Å²) in [6, 6.07) is 9.82. The molecule has 0 fully saturated rings. The summed E-state index contributed by atoms with van der Waals surface area (Å²) in [7, 11) is 0. The van der Waals surface area contributed by atoms with Crippen molar-refractivity contribution in [3.63, 3.8) is 0 Å². The largest absolute Gasteiger partial charge is 0.292 e. The minimum absolute atomic E-state index is 0.0748. The minimum atomic E-state index is -0.307. The van der Waals surface area contributed by atoms with Gasteiger partial charge in [-0.05, 0) is 43.3 Å². The van der Waals surface area contributed by atoms with E-state index in [4.69, 9.17) is 0 Å². The third-order valence-corrected chi connectivity index (χ3v) is 5.80. The predicted octanol–water partition coefficient (Wildman–Crippen LogP) is 4.30. The molecule has 3 aromatic heterocycles. The molecule has 1 aromatic carbocycles. The standard InChI is InChI=1S/C18H13FN4OS2/c1-11-2-7-16(26-11)15(24)9-25-18-14-8-22-23(17(14)20-10-21-18)13-5-3-12(19)4-6-13/h2-8,10H,9H2,1H3. The maximum Gasteiger partial charge on any atom is 0.183 e. The molecule has 0 aliphatic rings. The van der Waals surface area contributed by atoms with Crippen LogP contribution in [0.3, 0.4) is 0 Å². The molecule has 0 radical (unpaired) electrons. The van der Waals surface area contributed by atoms with Crippen molar-refractivity contribution >= 4 is 39.9 Å². The maximum atomic E-state index is 13.1. The van der Waals surface area contributed by atoms with E-state index < -0.39 is 0 Å². The fourth-order valence-electron chi connectivity index (χ4n) is 2.50. The molecule has 26 heavy (non-hydrogen) atoms. The Morgan fingerprint density at radius 1 is 1.19 bits per heavy atom. The fourth-order valence-corrected chi connectivity index (χ4v) is 4.24. The van der Waals surface area contributed by atoms with Gasteiger partial charge in [0.25, 0.3) is 0 Å². The third-order valence-electron chi connectivity index (χ3n) is 3.76. The van der Waals surface area contributed by atoms with E-state index >= 15 is 0 Å². The molecule has 4 aromatic rings. The zero-order chi connectivity index (χ0) is 18.1. The lowest BCUT2D eigenvalue weighted by atomic mass is 10.3. The molecule has 0 aliphatic carbocycles. The molecule has 0 N–H and O–H groups in total. The smallest absolute Gasteiger partial charge is 0.183 e. The summed E-state index contributed by atoms with van der Waals surface area (Å²) in [5.74, 6) is 0.0672. The van der Waals surface area contributed by atoms with Crippen LogP contribution < -0.4 is 0 Å². The van der Waals surface area contributed by atoms with E-state index in [0.29, 0.717) is 22.1 Å². The number of carbonyl (C=O) groups excluding carboxylic acids is 1. The highest BCUT2D eigenvalue weighted by molar-refractivity contribution is 8.00. The van der Waals surface area contributed by atoms with Gasteiger partial charge in [0.2, 0.25) is 0 Å². The summed E-state index contributed by atoms with van der Waals surface area (Å²) in [6.45, 7) is 1.98. The molecule has 0 bridgehead atoms. The van der Waals surface area contributed by atoms with E-state index in [1.54, 1.807) is 23.0 Å². The lowest BCUT2D eigenvalue weighted by Gasteiger charge is -2.04. The molecule has 8 heteroatoms. The number of thiophene rings is 1. The molecule has 130 valence electrons. The zero-order valence-electron chi connectivity index (χ0n) is 13.7. The summed E-state index contributed by atoms with van der Waals surface area (Å²) in [4.78, 5) is 22.8. The van der Waals surface area contributed by atoms with E-state index in [2.05, 4.69) is 15.1 Å². The fraction of sp³-hybridized carbons (Fsp3) is 0.111. The van der Waals surface area contributed by atoms with Crippen LogP contribution in [0.5, 0.6) is 0 Å². The van der Waals surface area contributed by atoms with Gasteiger partial charge in [-0.15, -0.1) is 11.3 Å². The van der Waals surface area contributed by atoms with Gasteiger partial charge >= 0.3 is 0 Å². The summed E-state index contributed by atoms with van der Waals surface area (Å²) < 4.78 is 14.8. The lowest BCUT2D eigenvalue weighted by Crippen LogP contribution is -2.01. The third kappa shape index (κ3) is 3.25. The molecular formula is C18H13FN4OS2. The molecule has 3 heterocycles. The maximum absolute atomic E-state index is 13.1. The number of carbonyl (C=O) groups is 1. The molecule has 5 nitrogen and oxygen atoms in total. The zero-order valence-corrected chi connectivity index (χ0v) is 15.4. The van der Waals surface area contributed by atoms with Crippen molar-refractivity contribution in [2.24, 2.45) is 0 Å². The second-order valence-corrected chi connectivity index (χ2v) is 7.82. The second-order valence-electron chi connectivity index (χ2n) is 5.57. The molecule has 0 aliphatic heterocycles. The monoisotopic (exact) mass is 384 g/mol. The molecule has 0 amide bonds. The van der Waals surface area contributed by atoms with Gasteiger partial charge in [-0.3, -0.25) is 4.79 Å². The van der Waals surface area contributed by atoms with Gasteiger partial charge in [0.05, 0.1) is 27.9 Å². The van der Waals surface area contributed by atoms with Crippen LogP contribution in [0, 0.1) is 12.7 Å². The summed E-state index contributed by atoms with van der Waals surface area (Å²) >= 11 is 2.86. The Kier molecular flexibility index (Phi) is 4.52. The number of aromatic nitrogens is 4. The number of rotatable bonds is 5. The summed E-state index contributed by atoms with van der Waals surface area (Å²) in [5, 5.41) is 5.80. The number of nitrogens with zero attached hydrogens (tertiary/aromatic N) is 4. The van der Waals surface area contributed by atoms with Crippen LogP contribution in [0.2, 0.25) is 0 Å². The first kappa shape index (κ1) is 16.9.